The van der Waals surface area contributed by atoms with Crippen LogP contribution in [0.1, 0.15) is 10.5 Å². The average molecular weight is 267 g/mol. The first kappa shape index (κ1) is 12.9. The largest absolute Gasteiger partial charge is 0.497 e. The zero-order valence-electron chi connectivity index (χ0n) is 10.1. The van der Waals surface area contributed by atoms with Gasteiger partial charge in [0, 0.05) is 18.2 Å². The molecule has 0 atom stereocenters. The fourth-order valence-electron chi connectivity index (χ4n) is 1.57. The number of methoxy groups -OCH3 is 2. The maximum absolute atomic E-state index is 14.0. The number of hydrogen-bond donors (Lipinski definition) is 1. The zero-order valence-corrected chi connectivity index (χ0v) is 10.1. The standard InChI is InChI=1S/C12H10FNO5/c1-17-6-3-7(13)11(9(4-6)18-2)10-5-8(12(15)16)14-19-10/h3-5H,1-2H3,(H,15,16). The van der Waals surface area contributed by atoms with Gasteiger partial charge in [-0.3, -0.25) is 0 Å². The van der Waals surface area contributed by atoms with E-state index >= 15 is 0 Å². The lowest BCUT2D eigenvalue weighted by Gasteiger charge is -2.09. The van der Waals surface area contributed by atoms with E-state index in [9.17, 15) is 9.18 Å². The van der Waals surface area contributed by atoms with Gasteiger partial charge in [-0.1, -0.05) is 5.16 Å². The number of carboxylic acids is 1. The molecule has 0 aliphatic rings. The smallest absolute Gasteiger partial charge is 0.358 e. The van der Waals surface area contributed by atoms with Crippen LogP contribution in [0.25, 0.3) is 11.3 Å². The normalized spacial score (nSPS) is 10.3. The summed E-state index contributed by atoms with van der Waals surface area (Å²) in [7, 11) is 2.75. The van der Waals surface area contributed by atoms with Crippen molar-refractivity contribution in [1.29, 1.82) is 0 Å². The number of aromatic nitrogens is 1. The first-order valence-corrected chi connectivity index (χ1v) is 5.18. The highest BCUT2D eigenvalue weighted by molar-refractivity contribution is 5.86. The van der Waals surface area contributed by atoms with Crippen molar-refractivity contribution in [2.24, 2.45) is 0 Å². The Kier molecular flexibility index (Phi) is 3.37. The van der Waals surface area contributed by atoms with Gasteiger partial charge in [-0.2, -0.15) is 0 Å². The highest BCUT2D eigenvalue weighted by atomic mass is 19.1. The van der Waals surface area contributed by atoms with Crippen LogP contribution in [0, 0.1) is 5.82 Å². The number of carboxylic acid groups (broad SMARTS) is 1. The fraction of sp³-hybridized carbons (Fsp3) is 0.167. The summed E-state index contributed by atoms with van der Waals surface area (Å²) in [5.74, 6) is -1.53. The Hall–Kier alpha value is -2.57. The second kappa shape index (κ2) is 4.97. The summed E-state index contributed by atoms with van der Waals surface area (Å²) in [5, 5.41) is 12.1. The monoisotopic (exact) mass is 267 g/mol. The summed E-state index contributed by atoms with van der Waals surface area (Å²) in [5.41, 5.74) is -0.324. The van der Waals surface area contributed by atoms with Gasteiger partial charge in [-0.05, 0) is 0 Å². The minimum absolute atomic E-state index is 0.0108. The van der Waals surface area contributed by atoms with Crippen LogP contribution < -0.4 is 9.47 Å². The second-order valence-corrected chi connectivity index (χ2v) is 3.57. The quantitative estimate of drug-likeness (QED) is 0.914. The van der Waals surface area contributed by atoms with E-state index in [-0.39, 0.29) is 28.5 Å². The first-order chi connectivity index (χ1) is 9.06. The van der Waals surface area contributed by atoms with Crippen molar-refractivity contribution in [2.75, 3.05) is 14.2 Å². The molecule has 0 saturated heterocycles. The number of carbonyl (C=O) groups is 1. The molecule has 1 aromatic carbocycles. The lowest BCUT2D eigenvalue weighted by molar-refractivity contribution is 0.0686. The van der Waals surface area contributed by atoms with Crippen LogP contribution in [0.4, 0.5) is 4.39 Å². The molecule has 0 bridgehead atoms. The van der Waals surface area contributed by atoms with E-state index in [1.807, 2.05) is 0 Å². The van der Waals surface area contributed by atoms with Crippen LogP contribution in [-0.4, -0.2) is 30.5 Å². The van der Waals surface area contributed by atoms with Gasteiger partial charge in [-0.15, -0.1) is 0 Å². The van der Waals surface area contributed by atoms with Gasteiger partial charge in [0.2, 0.25) is 0 Å². The van der Waals surface area contributed by atoms with Crippen molar-refractivity contribution in [3.8, 4) is 22.8 Å². The van der Waals surface area contributed by atoms with E-state index in [0.717, 1.165) is 12.1 Å². The Morgan fingerprint density at radius 3 is 2.58 bits per heavy atom. The molecule has 0 fully saturated rings. The summed E-state index contributed by atoms with van der Waals surface area (Å²) in [4.78, 5) is 10.7. The van der Waals surface area contributed by atoms with Crippen LogP contribution in [0.5, 0.6) is 11.5 Å². The molecule has 2 rings (SSSR count). The van der Waals surface area contributed by atoms with E-state index in [4.69, 9.17) is 19.1 Å². The zero-order chi connectivity index (χ0) is 14.0. The average Bonchev–Trinajstić information content (AvgIpc) is 2.86. The molecule has 0 aliphatic heterocycles. The maximum atomic E-state index is 14.0. The maximum Gasteiger partial charge on any atom is 0.358 e. The molecule has 0 radical (unpaired) electrons. The Morgan fingerprint density at radius 2 is 2.05 bits per heavy atom. The Morgan fingerprint density at radius 1 is 1.32 bits per heavy atom. The van der Waals surface area contributed by atoms with Crippen molar-refractivity contribution in [3.63, 3.8) is 0 Å². The Bertz CT molecular complexity index is 623. The number of rotatable bonds is 4. The van der Waals surface area contributed by atoms with Crippen molar-refractivity contribution < 1.29 is 28.3 Å². The van der Waals surface area contributed by atoms with Gasteiger partial charge in [0.15, 0.2) is 11.5 Å². The van der Waals surface area contributed by atoms with Crippen LogP contribution in [-0.2, 0) is 0 Å². The van der Waals surface area contributed by atoms with E-state index in [0.29, 0.717) is 0 Å². The van der Waals surface area contributed by atoms with Crippen LogP contribution >= 0.6 is 0 Å². The van der Waals surface area contributed by atoms with Gasteiger partial charge in [-0.25, -0.2) is 9.18 Å². The highest BCUT2D eigenvalue weighted by Crippen LogP contribution is 2.36. The van der Waals surface area contributed by atoms with Crippen LogP contribution in [0.2, 0.25) is 0 Å². The van der Waals surface area contributed by atoms with E-state index in [1.165, 1.54) is 20.3 Å². The topological polar surface area (TPSA) is 81.8 Å². The summed E-state index contributed by atoms with van der Waals surface area (Å²) in [6.07, 6.45) is 0. The molecule has 1 aromatic heterocycles. The summed E-state index contributed by atoms with van der Waals surface area (Å²) >= 11 is 0. The molecule has 19 heavy (non-hydrogen) atoms. The molecule has 6 nitrogen and oxygen atoms in total. The SMILES string of the molecule is COc1cc(F)c(-c2cc(C(=O)O)no2)c(OC)c1. The molecule has 1 heterocycles. The van der Waals surface area contributed by atoms with E-state index < -0.39 is 11.8 Å². The molecule has 1 N–H and O–H groups in total. The van der Waals surface area contributed by atoms with Crippen molar-refractivity contribution in [1.82, 2.24) is 5.16 Å². The molecule has 2 aromatic rings. The van der Waals surface area contributed by atoms with Crippen LogP contribution in [0.3, 0.4) is 0 Å². The molecular weight excluding hydrogens is 257 g/mol. The number of benzene rings is 1. The molecule has 0 spiro atoms. The Labute approximate surface area is 107 Å². The van der Waals surface area contributed by atoms with Gasteiger partial charge in [0.25, 0.3) is 0 Å². The molecule has 0 aliphatic carbocycles. The van der Waals surface area contributed by atoms with E-state index in [2.05, 4.69) is 5.16 Å². The lowest BCUT2D eigenvalue weighted by atomic mass is 10.1. The summed E-state index contributed by atoms with van der Waals surface area (Å²) in [6.45, 7) is 0. The minimum Gasteiger partial charge on any atom is -0.497 e. The van der Waals surface area contributed by atoms with Crippen molar-refractivity contribution in [3.05, 3.63) is 29.7 Å². The third kappa shape index (κ3) is 2.35. The highest BCUT2D eigenvalue weighted by Gasteiger charge is 2.20. The predicted octanol–water partition coefficient (Wildman–Crippen LogP) is 2.20. The molecule has 7 heteroatoms. The number of ether oxygens (including phenoxy) is 2. The van der Waals surface area contributed by atoms with Crippen molar-refractivity contribution in [2.45, 2.75) is 0 Å². The molecule has 0 unspecified atom stereocenters. The number of aromatic carboxylic acids is 1. The second-order valence-electron chi connectivity index (χ2n) is 3.57. The molecule has 0 amide bonds. The van der Waals surface area contributed by atoms with Gasteiger partial charge >= 0.3 is 5.97 Å². The first-order valence-electron chi connectivity index (χ1n) is 5.18. The number of hydrogen-bond acceptors (Lipinski definition) is 5. The van der Waals surface area contributed by atoms with E-state index in [1.54, 1.807) is 0 Å². The predicted molar refractivity (Wildman–Crippen MR) is 62.0 cm³/mol. The third-order valence-corrected chi connectivity index (χ3v) is 2.46. The lowest BCUT2D eigenvalue weighted by Crippen LogP contribution is -1.95. The minimum atomic E-state index is -1.26. The number of nitrogens with zero attached hydrogens (tertiary/aromatic N) is 1. The third-order valence-electron chi connectivity index (χ3n) is 2.46. The van der Waals surface area contributed by atoms with Gasteiger partial charge in [0.1, 0.15) is 17.3 Å². The Balaban J connectivity index is 2.56. The van der Waals surface area contributed by atoms with Crippen LogP contribution in [0.15, 0.2) is 22.7 Å². The fourth-order valence-corrected chi connectivity index (χ4v) is 1.57. The molecular formula is C12H10FNO5. The summed E-state index contributed by atoms with van der Waals surface area (Å²) in [6, 6.07) is 3.72. The number of halogens is 1. The van der Waals surface area contributed by atoms with Gasteiger partial charge in [0.05, 0.1) is 19.8 Å². The van der Waals surface area contributed by atoms with Crippen molar-refractivity contribution >= 4 is 5.97 Å². The molecule has 100 valence electrons. The molecule has 0 saturated carbocycles. The summed E-state index contributed by atoms with van der Waals surface area (Å²) < 4.78 is 28.8. The van der Waals surface area contributed by atoms with Gasteiger partial charge < -0.3 is 19.1 Å².